The van der Waals surface area contributed by atoms with Gasteiger partial charge in [0.25, 0.3) is 0 Å². The first-order valence-corrected chi connectivity index (χ1v) is 8.47. The van der Waals surface area contributed by atoms with Gasteiger partial charge in [0.15, 0.2) is 0 Å². The van der Waals surface area contributed by atoms with Crippen LogP contribution in [-0.4, -0.2) is 78.1 Å². The van der Waals surface area contributed by atoms with Gasteiger partial charge in [-0.15, -0.1) is 0 Å². The number of rotatable bonds is 6. The normalized spacial score (nSPS) is 18.9. The van der Waals surface area contributed by atoms with Gasteiger partial charge in [-0.3, -0.25) is 14.6 Å². The molecule has 5 nitrogen and oxygen atoms in total. The van der Waals surface area contributed by atoms with Crippen molar-refractivity contribution in [2.24, 2.45) is 0 Å². The van der Waals surface area contributed by atoms with E-state index in [0.717, 1.165) is 38.3 Å². The monoisotopic (exact) mass is 319 g/mol. The Balaban J connectivity index is 2.04. The fourth-order valence-corrected chi connectivity index (χ4v) is 3.10. The van der Waals surface area contributed by atoms with E-state index in [2.05, 4.69) is 16.7 Å². The molecule has 1 N–H and O–H groups in total. The first kappa shape index (κ1) is 17.9. The lowest BCUT2D eigenvalue weighted by Crippen LogP contribution is -2.52. The number of carbonyl (C=O) groups excluding carboxylic acids is 1. The number of amides is 1. The number of β-amino-alcohol motifs (C(OH)–C–C–N with tert-alkyl or cyclic N) is 1. The van der Waals surface area contributed by atoms with Crippen molar-refractivity contribution in [3.63, 3.8) is 0 Å². The molecule has 23 heavy (non-hydrogen) atoms. The molecule has 0 saturated carbocycles. The number of benzene rings is 1. The Hall–Kier alpha value is -1.43. The number of aliphatic hydroxyl groups excluding tert-OH is 1. The second-order valence-corrected chi connectivity index (χ2v) is 6.36. The SMILES string of the molecule is CCN(C)[C@H](C(=O)N1CCN(C[C@@H](C)O)CC1)c1ccccc1. The molecule has 1 amide bonds. The Kier molecular flexibility index (Phi) is 6.57. The minimum absolute atomic E-state index is 0.178. The van der Waals surface area contributed by atoms with Crippen LogP contribution in [0.4, 0.5) is 0 Å². The van der Waals surface area contributed by atoms with Gasteiger partial charge in [0.05, 0.1) is 6.10 Å². The summed E-state index contributed by atoms with van der Waals surface area (Å²) in [6, 6.07) is 9.78. The second-order valence-electron chi connectivity index (χ2n) is 6.36. The highest BCUT2D eigenvalue weighted by Crippen LogP contribution is 2.22. The third kappa shape index (κ3) is 4.77. The Labute approximate surface area is 139 Å². The predicted octanol–water partition coefficient (Wildman–Crippen LogP) is 1.20. The lowest BCUT2D eigenvalue weighted by atomic mass is 10.0. The van der Waals surface area contributed by atoms with Crippen molar-refractivity contribution in [2.75, 3.05) is 46.3 Å². The summed E-state index contributed by atoms with van der Waals surface area (Å²) >= 11 is 0. The van der Waals surface area contributed by atoms with E-state index in [1.54, 1.807) is 6.92 Å². The van der Waals surface area contributed by atoms with Gasteiger partial charge in [-0.1, -0.05) is 37.3 Å². The number of likely N-dealkylation sites (N-methyl/N-ethyl adjacent to an activating group) is 1. The van der Waals surface area contributed by atoms with Gasteiger partial charge in [-0.2, -0.15) is 0 Å². The summed E-state index contributed by atoms with van der Waals surface area (Å²) in [5.74, 6) is 0.178. The number of aliphatic hydroxyl groups is 1. The Morgan fingerprint density at radius 1 is 1.22 bits per heavy atom. The van der Waals surface area contributed by atoms with Gasteiger partial charge >= 0.3 is 0 Å². The molecular formula is C18H29N3O2. The summed E-state index contributed by atoms with van der Waals surface area (Å²) in [6.07, 6.45) is -0.319. The maximum Gasteiger partial charge on any atom is 0.244 e. The van der Waals surface area contributed by atoms with Gasteiger partial charge in [0, 0.05) is 32.7 Å². The number of hydrogen-bond donors (Lipinski definition) is 1. The molecule has 2 rings (SSSR count). The zero-order valence-electron chi connectivity index (χ0n) is 14.5. The lowest BCUT2D eigenvalue weighted by molar-refractivity contribution is -0.138. The number of nitrogens with zero attached hydrogens (tertiary/aromatic N) is 3. The molecule has 0 bridgehead atoms. The second kappa shape index (κ2) is 8.43. The van der Waals surface area contributed by atoms with Crippen molar-refractivity contribution in [2.45, 2.75) is 26.0 Å². The van der Waals surface area contributed by atoms with Crippen LogP contribution in [0.5, 0.6) is 0 Å². The van der Waals surface area contributed by atoms with Crippen LogP contribution in [-0.2, 0) is 4.79 Å². The van der Waals surface area contributed by atoms with Crippen LogP contribution < -0.4 is 0 Å². The standard InChI is InChI=1S/C18H29N3O2/c1-4-19(3)17(16-8-6-5-7-9-16)18(23)21-12-10-20(11-13-21)14-15(2)22/h5-9,15,17,22H,4,10-14H2,1-3H3/t15-,17+/m1/s1. The Bertz CT molecular complexity index is 484. The van der Waals surface area contributed by atoms with Crippen LogP contribution >= 0.6 is 0 Å². The smallest absolute Gasteiger partial charge is 0.244 e. The molecule has 0 aliphatic carbocycles. The van der Waals surface area contributed by atoms with E-state index in [9.17, 15) is 9.90 Å². The summed E-state index contributed by atoms with van der Waals surface area (Å²) in [5.41, 5.74) is 1.05. The third-order valence-electron chi connectivity index (χ3n) is 4.50. The maximum atomic E-state index is 13.0. The maximum absolute atomic E-state index is 13.0. The molecule has 5 heteroatoms. The van der Waals surface area contributed by atoms with E-state index in [-0.39, 0.29) is 18.1 Å². The molecule has 1 aliphatic heterocycles. The zero-order chi connectivity index (χ0) is 16.8. The highest BCUT2D eigenvalue weighted by Gasteiger charge is 2.30. The number of piperazine rings is 1. The Morgan fingerprint density at radius 2 is 1.83 bits per heavy atom. The highest BCUT2D eigenvalue weighted by molar-refractivity contribution is 5.83. The van der Waals surface area contributed by atoms with Gasteiger partial charge in [-0.05, 0) is 26.1 Å². The molecule has 1 fully saturated rings. The van der Waals surface area contributed by atoms with Crippen LogP contribution in [0.1, 0.15) is 25.5 Å². The molecule has 0 spiro atoms. The van der Waals surface area contributed by atoms with E-state index in [4.69, 9.17) is 0 Å². The van der Waals surface area contributed by atoms with Crippen molar-refractivity contribution in [1.29, 1.82) is 0 Å². The van der Waals surface area contributed by atoms with Crippen LogP contribution in [0.25, 0.3) is 0 Å². The fourth-order valence-electron chi connectivity index (χ4n) is 3.10. The quantitative estimate of drug-likeness (QED) is 0.856. The highest BCUT2D eigenvalue weighted by atomic mass is 16.3. The van der Waals surface area contributed by atoms with Crippen molar-refractivity contribution in [1.82, 2.24) is 14.7 Å². The summed E-state index contributed by atoms with van der Waals surface area (Å²) in [5, 5.41) is 9.49. The largest absolute Gasteiger partial charge is 0.392 e. The molecule has 0 aromatic heterocycles. The first-order valence-electron chi connectivity index (χ1n) is 8.47. The van der Waals surface area contributed by atoms with Crippen LogP contribution in [0.2, 0.25) is 0 Å². The molecule has 128 valence electrons. The van der Waals surface area contributed by atoms with E-state index in [0.29, 0.717) is 6.54 Å². The van der Waals surface area contributed by atoms with Crippen LogP contribution in [0.15, 0.2) is 30.3 Å². The zero-order valence-corrected chi connectivity index (χ0v) is 14.5. The minimum Gasteiger partial charge on any atom is -0.392 e. The average Bonchev–Trinajstić information content (AvgIpc) is 2.56. The molecular weight excluding hydrogens is 290 g/mol. The summed E-state index contributed by atoms with van der Waals surface area (Å²) in [4.78, 5) is 19.3. The summed E-state index contributed by atoms with van der Waals surface area (Å²) in [6.45, 7) is 8.50. The van der Waals surface area contributed by atoms with Crippen LogP contribution in [0, 0.1) is 0 Å². The molecule has 1 saturated heterocycles. The van der Waals surface area contributed by atoms with Crippen molar-refractivity contribution in [3.8, 4) is 0 Å². The van der Waals surface area contributed by atoms with E-state index >= 15 is 0 Å². The first-order chi connectivity index (χ1) is 11.0. The van der Waals surface area contributed by atoms with Crippen LogP contribution in [0.3, 0.4) is 0 Å². The molecule has 0 radical (unpaired) electrons. The molecule has 1 aliphatic rings. The van der Waals surface area contributed by atoms with Gasteiger partial charge in [0.2, 0.25) is 5.91 Å². The number of carbonyl (C=O) groups is 1. The number of hydrogen-bond acceptors (Lipinski definition) is 4. The molecule has 2 atom stereocenters. The van der Waals surface area contributed by atoms with Gasteiger partial charge in [0.1, 0.15) is 6.04 Å². The topological polar surface area (TPSA) is 47.0 Å². The van der Waals surface area contributed by atoms with E-state index in [1.165, 1.54) is 0 Å². The van der Waals surface area contributed by atoms with Crippen molar-refractivity contribution in [3.05, 3.63) is 35.9 Å². The van der Waals surface area contributed by atoms with Crippen molar-refractivity contribution >= 4 is 5.91 Å². The lowest BCUT2D eigenvalue weighted by Gasteiger charge is -2.38. The summed E-state index contributed by atoms with van der Waals surface area (Å²) < 4.78 is 0. The molecule has 1 heterocycles. The molecule has 1 aromatic rings. The van der Waals surface area contributed by atoms with Gasteiger partial charge in [-0.25, -0.2) is 0 Å². The summed E-state index contributed by atoms with van der Waals surface area (Å²) in [7, 11) is 2.00. The predicted molar refractivity (Wildman–Crippen MR) is 92.2 cm³/mol. The third-order valence-corrected chi connectivity index (χ3v) is 4.50. The van der Waals surface area contributed by atoms with E-state index in [1.807, 2.05) is 42.3 Å². The van der Waals surface area contributed by atoms with E-state index < -0.39 is 0 Å². The minimum atomic E-state index is -0.319. The Morgan fingerprint density at radius 3 is 2.35 bits per heavy atom. The fraction of sp³-hybridized carbons (Fsp3) is 0.611. The molecule has 1 aromatic carbocycles. The van der Waals surface area contributed by atoms with Gasteiger partial charge < -0.3 is 10.0 Å². The molecule has 0 unspecified atom stereocenters. The average molecular weight is 319 g/mol. The van der Waals surface area contributed by atoms with Crippen molar-refractivity contribution < 1.29 is 9.90 Å².